The SMILES string of the molecule is Cc1ccc(S(=O)(=O)Nc2cccc(NC(=O)CO)c2)c(Cl)c1. The summed E-state index contributed by atoms with van der Waals surface area (Å²) in [6, 6.07) is 10.8. The highest BCUT2D eigenvalue weighted by Crippen LogP contribution is 2.25. The van der Waals surface area contributed by atoms with E-state index in [1.807, 2.05) is 6.92 Å². The highest BCUT2D eigenvalue weighted by atomic mass is 35.5. The molecule has 0 fully saturated rings. The third kappa shape index (κ3) is 4.44. The summed E-state index contributed by atoms with van der Waals surface area (Å²) in [5, 5.41) is 11.3. The molecular weight excluding hydrogens is 340 g/mol. The molecule has 1 amide bonds. The quantitative estimate of drug-likeness (QED) is 0.768. The molecular formula is C15H15ClN2O4S. The molecule has 0 radical (unpaired) electrons. The zero-order chi connectivity index (χ0) is 17.0. The molecule has 0 unspecified atom stereocenters. The minimum atomic E-state index is -3.86. The van der Waals surface area contributed by atoms with Crippen molar-refractivity contribution in [3.63, 3.8) is 0 Å². The third-order valence-corrected chi connectivity index (χ3v) is 4.78. The minimum absolute atomic E-state index is 0.0328. The van der Waals surface area contributed by atoms with Crippen molar-refractivity contribution in [3.05, 3.63) is 53.1 Å². The lowest BCUT2D eigenvalue weighted by Gasteiger charge is -2.11. The van der Waals surface area contributed by atoms with Crippen LogP contribution in [0, 0.1) is 6.92 Å². The van der Waals surface area contributed by atoms with Crippen LogP contribution in [0.3, 0.4) is 0 Å². The number of aliphatic hydroxyl groups is 1. The van der Waals surface area contributed by atoms with E-state index >= 15 is 0 Å². The fourth-order valence-corrected chi connectivity index (χ4v) is 3.54. The van der Waals surface area contributed by atoms with Crippen LogP contribution >= 0.6 is 11.6 Å². The lowest BCUT2D eigenvalue weighted by Crippen LogP contribution is -2.16. The Kier molecular flexibility index (Phi) is 5.25. The van der Waals surface area contributed by atoms with Crippen LogP contribution in [0.4, 0.5) is 11.4 Å². The second-order valence-corrected chi connectivity index (χ2v) is 6.88. The van der Waals surface area contributed by atoms with Crippen molar-refractivity contribution < 1.29 is 18.3 Å². The number of aryl methyl sites for hydroxylation is 1. The maximum Gasteiger partial charge on any atom is 0.263 e. The summed E-state index contributed by atoms with van der Waals surface area (Å²) in [5.74, 6) is -0.591. The van der Waals surface area contributed by atoms with Crippen LogP contribution in [0.1, 0.15) is 5.56 Å². The Labute approximate surface area is 139 Å². The molecule has 0 bridgehead atoms. The van der Waals surface area contributed by atoms with E-state index in [2.05, 4.69) is 10.0 Å². The molecule has 0 spiro atoms. The van der Waals surface area contributed by atoms with Gasteiger partial charge < -0.3 is 10.4 Å². The number of carbonyl (C=O) groups excluding carboxylic acids is 1. The number of hydrogen-bond acceptors (Lipinski definition) is 4. The summed E-state index contributed by atoms with van der Waals surface area (Å²) in [4.78, 5) is 11.1. The molecule has 8 heteroatoms. The van der Waals surface area contributed by atoms with E-state index < -0.39 is 22.5 Å². The van der Waals surface area contributed by atoms with Gasteiger partial charge in [-0.3, -0.25) is 9.52 Å². The normalized spacial score (nSPS) is 11.1. The van der Waals surface area contributed by atoms with Crippen LogP contribution in [0.5, 0.6) is 0 Å². The average molecular weight is 355 g/mol. The molecule has 2 aromatic carbocycles. The van der Waals surface area contributed by atoms with Gasteiger partial charge >= 0.3 is 0 Å². The Morgan fingerprint density at radius 2 is 1.87 bits per heavy atom. The van der Waals surface area contributed by atoms with Gasteiger partial charge in [-0.2, -0.15) is 0 Å². The number of halogens is 1. The van der Waals surface area contributed by atoms with Gasteiger partial charge in [0.15, 0.2) is 0 Å². The highest BCUT2D eigenvalue weighted by molar-refractivity contribution is 7.92. The summed E-state index contributed by atoms with van der Waals surface area (Å²) < 4.78 is 27.2. The van der Waals surface area contributed by atoms with Gasteiger partial charge in [0.1, 0.15) is 11.5 Å². The van der Waals surface area contributed by atoms with Gasteiger partial charge in [-0.1, -0.05) is 23.7 Å². The fraction of sp³-hybridized carbons (Fsp3) is 0.133. The van der Waals surface area contributed by atoms with Crippen LogP contribution < -0.4 is 10.0 Å². The first-order valence-electron chi connectivity index (χ1n) is 6.61. The topological polar surface area (TPSA) is 95.5 Å². The molecule has 122 valence electrons. The van der Waals surface area contributed by atoms with E-state index in [0.717, 1.165) is 5.56 Å². The van der Waals surface area contributed by atoms with Crippen molar-refractivity contribution in [2.75, 3.05) is 16.6 Å². The molecule has 3 N–H and O–H groups in total. The summed E-state index contributed by atoms with van der Waals surface area (Å²) in [6.45, 7) is 1.15. The maximum absolute atomic E-state index is 12.4. The van der Waals surface area contributed by atoms with E-state index in [1.54, 1.807) is 24.3 Å². The smallest absolute Gasteiger partial charge is 0.263 e. The molecule has 0 aromatic heterocycles. The van der Waals surface area contributed by atoms with Gasteiger partial charge in [-0.05, 0) is 42.8 Å². The molecule has 0 aliphatic carbocycles. The third-order valence-electron chi connectivity index (χ3n) is 2.92. The van der Waals surface area contributed by atoms with E-state index in [4.69, 9.17) is 16.7 Å². The van der Waals surface area contributed by atoms with Gasteiger partial charge in [0.2, 0.25) is 5.91 Å². The van der Waals surface area contributed by atoms with Gasteiger partial charge in [-0.25, -0.2) is 8.42 Å². The predicted octanol–water partition coefficient (Wildman–Crippen LogP) is 2.38. The molecule has 0 heterocycles. The van der Waals surface area contributed by atoms with Gasteiger partial charge in [0.25, 0.3) is 10.0 Å². The zero-order valence-corrected chi connectivity index (χ0v) is 13.8. The molecule has 0 atom stereocenters. The van der Waals surface area contributed by atoms with E-state index in [9.17, 15) is 13.2 Å². The van der Waals surface area contributed by atoms with Crippen molar-refractivity contribution in [2.24, 2.45) is 0 Å². The van der Waals surface area contributed by atoms with Crippen molar-refractivity contribution in [2.45, 2.75) is 11.8 Å². The second-order valence-electron chi connectivity index (χ2n) is 4.83. The van der Waals surface area contributed by atoms with Crippen LogP contribution in [0.25, 0.3) is 0 Å². The summed E-state index contributed by atoms with van der Waals surface area (Å²) in [5.41, 5.74) is 1.47. The fourth-order valence-electron chi connectivity index (χ4n) is 1.89. The standard InChI is InChI=1S/C15H15ClN2O4S/c1-10-5-6-14(13(16)7-10)23(21,22)18-12-4-2-3-11(8-12)17-15(20)9-19/h2-8,18-19H,9H2,1H3,(H,17,20). The molecule has 0 saturated carbocycles. The first kappa shape index (κ1) is 17.3. The maximum atomic E-state index is 12.4. The molecule has 0 aliphatic heterocycles. The number of amides is 1. The number of sulfonamides is 1. The molecule has 0 saturated heterocycles. The predicted molar refractivity (Wildman–Crippen MR) is 89.2 cm³/mol. The molecule has 2 rings (SSSR count). The second kappa shape index (κ2) is 6.99. The Balaban J connectivity index is 2.27. The molecule has 2 aromatic rings. The first-order valence-corrected chi connectivity index (χ1v) is 8.47. The summed E-state index contributed by atoms with van der Waals surface area (Å²) in [7, 11) is -3.86. The summed E-state index contributed by atoms with van der Waals surface area (Å²) in [6.07, 6.45) is 0. The Hall–Kier alpha value is -2.09. The minimum Gasteiger partial charge on any atom is -0.387 e. The average Bonchev–Trinajstić information content (AvgIpc) is 2.46. The Morgan fingerprint density at radius 1 is 1.17 bits per heavy atom. The van der Waals surface area contributed by atoms with Crippen molar-refractivity contribution >= 4 is 38.9 Å². The van der Waals surface area contributed by atoms with E-state index in [0.29, 0.717) is 5.69 Å². The number of hydrogen-bond donors (Lipinski definition) is 3. The lowest BCUT2D eigenvalue weighted by molar-refractivity contribution is -0.118. The largest absolute Gasteiger partial charge is 0.387 e. The lowest BCUT2D eigenvalue weighted by atomic mass is 10.2. The monoisotopic (exact) mass is 354 g/mol. The van der Waals surface area contributed by atoms with Gasteiger partial charge in [0.05, 0.1) is 10.7 Å². The summed E-state index contributed by atoms with van der Waals surface area (Å²) >= 11 is 6.00. The number of rotatable bonds is 5. The molecule has 6 nitrogen and oxygen atoms in total. The Morgan fingerprint density at radius 3 is 2.52 bits per heavy atom. The zero-order valence-electron chi connectivity index (χ0n) is 12.2. The van der Waals surface area contributed by atoms with E-state index in [1.165, 1.54) is 18.2 Å². The van der Waals surface area contributed by atoms with Crippen molar-refractivity contribution in [1.29, 1.82) is 0 Å². The van der Waals surface area contributed by atoms with Crippen molar-refractivity contribution in [3.8, 4) is 0 Å². The number of carbonyl (C=O) groups is 1. The molecule has 23 heavy (non-hydrogen) atoms. The number of anilines is 2. The van der Waals surface area contributed by atoms with Crippen LogP contribution in [0.2, 0.25) is 5.02 Å². The Bertz CT molecular complexity index is 837. The van der Waals surface area contributed by atoms with Crippen LogP contribution in [-0.4, -0.2) is 26.0 Å². The highest BCUT2D eigenvalue weighted by Gasteiger charge is 2.18. The molecule has 0 aliphatic rings. The van der Waals surface area contributed by atoms with Crippen molar-refractivity contribution in [1.82, 2.24) is 0 Å². The van der Waals surface area contributed by atoms with Gasteiger partial charge in [0, 0.05) is 5.69 Å². The first-order chi connectivity index (χ1) is 10.8. The van der Waals surface area contributed by atoms with Crippen LogP contribution in [-0.2, 0) is 14.8 Å². The number of nitrogens with one attached hydrogen (secondary N) is 2. The van der Waals surface area contributed by atoms with Crippen LogP contribution in [0.15, 0.2) is 47.4 Å². The van der Waals surface area contributed by atoms with Gasteiger partial charge in [-0.15, -0.1) is 0 Å². The van der Waals surface area contributed by atoms with E-state index in [-0.39, 0.29) is 15.6 Å². The number of benzene rings is 2. The number of aliphatic hydroxyl groups excluding tert-OH is 1.